The van der Waals surface area contributed by atoms with Crippen LogP contribution in [0.3, 0.4) is 0 Å². The van der Waals surface area contributed by atoms with Gasteiger partial charge in [0.2, 0.25) is 5.91 Å². The van der Waals surface area contributed by atoms with Gasteiger partial charge in [-0.3, -0.25) is 4.79 Å². The van der Waals surface area contributed by atoms with Gasteiger partial charge in [-0.05, 0) is 43.9 Å². The minimum Gasteiger partial charge on any atom is -0.351 e. The molecule has 1 atom stereocenters. The molecule has 1 amide bonds. The van der Waals surface area contributed by atoms with E-state index in [1.165, 1.54) is 0 Å². The summed E-state index contributed by atoms with van der Waals surface area (Å²) in [6.07, 6.45) is -0.373. The van der Waals surface area contributed by atoms with Crippen molar-refractivity contribution in [1.29, 1.82) is 0 Å². The Hall–Kier alpha value is -0.780. The second kappa shape index (κ2) is 6.15. The molecule has 3 nitrogen and oxygen atoms in total. The lowest BCUT2D eigenvalue weighted by molar-refractivity contribution is -0.187. The number of nitrogens with one attached hydrogen (secondary N) is 1. The number of halogens is 3. The summed E-state index contributed by atoms with van der Waals surface area (Å²) in [6, 6.07) is -0.202. The minimum absolute atomic E-state index is 0.202. The summed E-state index contributed by atoms with van der Waals surface area (Å²) in [6.45, 7) is 7.31. The number of hydrogen-bond acceptors (Lipinski definition) is 2. The van der Waals surface area contributed by atoms with Crippen molar-refractivity contribution in [2.24, 2.45) is 17.1 Å². The van der Waals surface area contributed by atoms with E-state index in [2.05, 4.69) is 26.1 Å². The van der Waals surface area contributed by atoms with Crippen molar-refractivity contribution >= 4 is 5.91 Å². The zero-order valence-electron chi connectivity index (χ0n) is 13.3. The molecule has 0 saturated heterocycles. The van der Waals surface area contributed by atoms with E-state index in [0.717, 1.165) is 19.3 Å². The van der Waals surface area contributed by atoms with Gasteiger partial charge in [-0.25, -0.2) is 0 Å². The van der Waals surface area contributed by atoms with E-state index in [1.54, 1.807) is 0 Å². The Labute approximate surface area is 124 Å². The summed E-state index contributed by atoms with van der Waals surface area (Å²) >= 11 is 0. The highest BCUT2D eigenvalue weighted by Crippen LogP contribution is 2.40. The van der Waals surface area contributed by atoms with E-state index in [1.807, 2.05) is 0 Å². The Morgan fingerprint density at radius 3 is 2.00 bits per heavy atom. The minimum atomic E-state index is -4.74. The van der Waals surface area contributed by atoms with Gasteiger partial charge < -0.3 is 11.1 Å². The first-order chi connectivity index (χ1) is 9.41. The van der Waals surface area contributed by atoms with Gasteiger partial charge in [-0.1, -0.05) is 27.2 Å². The van der Waals surface area contributed by atoms with Crippen LogP contribution in [0, 0.1) is 11.3 Å². The fourth-order valence-electron chi connectivity index (χ4n) is 2.77. The molecule has 124 valence electrons. The fourth-order valence-corrected chi connectivity index (χ4v) is 2.77. The summed E-state index contributed by atoms with van der Waals surface area (Å²) in [5, 5.41) is 2.47. The standard InChI is InChI=1S/C15H27F3N2O/c1-5-13(2,3)10-6-8-11(9-7-10)20-12(21)14(4,19)15(16,17)18/h10-11H,5-9,19H2,1-4H3,(H,20,21). The van der Waals surface area contributed by atoms with Crippen molar-refractivity contribution in [3.05, 3.63) is 0 Å². The van der Waals surface area contributed by atoms with E-state index < -0.39 is 17.6 Å². The number of carbonyl (C=O) groups is 1. The Kier molecular flexibility index (Phi) is 5.35. The molecular weight excluding hydrogens is 281 g/mol. The van der Waals surface area contributed by atoms with Crippen molar-refractivity contribution in [1.82, 2.24) is 5.32 Å². The van der Waals surface area contributed by atoms with Crippen LogP contribution in [0.2, 0.25) is 0 Å². The van der Waals surface area contributed by atoms with Crippen LogP contribution in [-0.4, -0.2) is 23.7 Å². The second-order valence-electron chi connectivity index (χ2n) is 7.06. The van der Waals surface area contributed by atoms with Crippen molar-refractivity contribution in [3.8, 4) is 0 Å². The van der Waals surface area contributed by atoms with Crippen LogP contribution in [0.25, 0.3) is 0 Å². The monoisotopic (exact) mass is 308 g/mol. The third-order valence-electron chi connectivity index (χ3n) is 5.14. The first kappa shape index (κ1) is 18.3. The van der Waals surface area contributed by atoms with Crippen LogP contribution in [0.4, 0.5) is 13.2 Å². The van der Waals surface area contributed by atoms with Crippen molar-refractivity contribution in [3.63, 3.8) is 0 Å². The molecule has 6 heteroatoms. The Bertz CT molecular complexity index is 370. The maximum absolute atomic E-state index is 12.7. The van der Waals surface area contributed by atoms with Gasteiger partial charge in [0, 0.05) is 6.04 Å². The van der Waals surface area contributed by atoms with Gasteiger partial charge in [0.25, 0.3) is 0 Å². The molecule has 0 aromatic rings. The molecule has 1 unspecified atom stereocenters. The maximum Gasteiger partial charge on any atom is 0.415 e. The van der Waals surface area contributed by atoms with Crippen LogP contribution in [0.5, 0.6) is 0 Å². The average molecular weight is 308 g/mol. The van der Waals surface area contributed by atoms with Gasteiger partial charge >= 0.3 is 6.18 Å². The fraction of sp³-hybridized carbons (Fsp3) is 0.933. The van der Waals surface area contributed by atoms with Gasteiger partial charge in [0.05, 0.1) is 0 Å². The van der Waals surface area contributed by atoms with Gasteiger partial charge in [-0.15, -0.1) is 0 Å². The van der Waals surface area contributed by atoms with Crippen molar-refractivity contribution in [2.75, 3.05) is 0 Å². The SMILES string of the molecule is CCC(C)(C)C1CCC(NC(=O)C(C)(N)C(F)(F)F)CC1. The highest BCUT2D eigenvalue weighted by atomic mass is 19.4. The summed E-state index contributed by atoms with van der Waals surface area (Å²) in [5.41, 5.74) is 2.55. The number of carbonyl (C=O) groups excluding carboxylic acids is 1. The molecular formula is C15H27F3N2O. The first-order valence-corrected chi connectivity index (χ1v) is 7.58. The second-order valence-corrected chi connectivity index (χ2v) is 7.06. The molecule has 1 aliphatic rings. The lowest BCUT2D eigenvalue weighted by atomic mass is 9.69. The number of nitrogens with two attached hydrogens (primary N) is 1. The molecule has 0 radical (unpaired) electrons. The highest BCUT2D eigenvalue weighted by molar-refractivity contribution is 5.86. The summed E-state index contributed by atoms with van der Waals surface area (Å²) in [7, 11) is 0. The molecule has 0 aromatic carbocycles. The third kappa shape index (κ3) is 4.11. The highest BCUT2D eigenvalue weighted by Gasteiger charge is 2.54. The molecule has 0 bridgehead atoms. The maximum atomic E-state index is 12.7. The zero-order chi connectivity index (χ0) is 16.5. The van der Waals surface area contributed by atoms with Gasteiger partial charge in [-0.2, -0.15) is 13.2 Å². The third-order valence-corrected chi connectivity index (χ3v) is 5.14. The van der Waals surface area contributed by atoms with Gasteiger partial charge in [0.1, 0.15) is 0 Å². The lowest BCUT2D eigenvalue weighted by Crippen LogP contribution is -2.62. The molecule has 0 heterocycles. The molecule has 0 aromatic heterocycles. The lowest BCUT2D eigenvalue weighted by Gasteiger charge is -2.39. The predicted molar refractivity (Wildman–Crippen MR) is 76.6 cm³/mol. The number of amides is 1. The smallest absolute Gasteiger partial charge is 0.351 e. The Balaban J connectivity index is 2.56. The first-order valence-electron chi connectivity index (χ1n) is 7.58. The molecule has 3 N–H and O–H groups in total. The molecule has 0 aliphatic heterocycles. The molecule has 1 fully saturated rings. The Morgan fingerprint density at radius 2 is 1.62 bits per heavy atom. The van der Waals surface area contributed by atoms with Crippen molar-refractivity contribution < 1.29 is 18.0 Å². The molecule has 21 heavy (non-hydrogen) atoms. The number of alkyl halides is 3. The topological polar surface area (TPSA) is 55.1 Å². The average Bonchev–Trinajstić information content (AvgIpc) is 2.38. The van der Waals surface area contributed by atoms with Crippen LogP contribution < -0.4 is 11.1 Å². The molecule has 1 saturated carbocycles. The van der Waals surface area contributed by atoms with Crippen LogP contribution in [0.15, 0.2) is 0 Å². The predicted octanol–water partition coefficient (Wildman–Crippen LogP) is 3.38. The van der Waals surface area contributed by atoms with Crippen molar-refractivity contribution in [2.45, 2.75) is 77.6 Å². The van der Waals surface area contributed by atoms with Crippen LogP contribution in [0.1, 0.15) is 59.8 Å². The van der Waals surface area contributed by atoms with Gasteiger partial charge in [0.15, 0.2) is 5.54 Å². The largest absolute Gasteiger partial charge is 0.415 e. The zero-order valence-corrected chi connectivity index (χ0v) is 13.3. The summed E-state index contributed by atoms with van der Waals surface area (Å²) < 4.78 is 38.1. The quantitative estimate of drug-likeness (QED) is 0.836. The molecule has 1 rings (SSSR count). The Morgan fingerprint density at radius 1 is 1.14 bits per heavy atom. The van der Waals surface area contributed by atoms with Crippen LogP contribution in [-0.2, 0) is 4.79 Å². The number of rotatable bonds is 4. The van der Waals surface area contributed by atoms with E-state index in [4.69, 9.17) is 5.73 Å². The number of hydrogen-bond donors (Lipinski definition) is 2. The molecule has 0 spiro atoms. The normalized spacial score (nSPS) is 27.0. The summed E-state index contributed by atoms with van der Waals surface area (Å²) in [5.74, 6) is -0.573. The van der Waals surface area contributed by atoms with Crippen LogP contribution >= 0.6 is 0 Å². The van der Waals surface area contributed by atoms with E-state index in [0.29, 0.717) is 25.7 Å². The molecule has 1 aliphatic carbocycles. The van der Waals surface area contributed by atoms with E-state index in [9.17, 15) is 18.0 Å². The summed E-state index contributed by atoms with van der Waals surface area (Å²) in [4.78, 5) is 11.8. The van der Waals surface area contributed by atoms with E-state index in [-0.39, 0.29) is 11.5 Å². The van der Waals surface area contributed by atoms with E-state index >= 15 is 0 Å².